The minimum Gasteiger partial charge on any atom is -0.490 e. The van der Waals surface area contributed by atoms with Crippen LogP contribution < -0.4 is 15.2 Å². The van der Waals surface area contributed by atoms with Gasteiger partial charge in [-0.25, -0.2) is 17.5 Å². The Morgan fingerprint density at radius 3 is 2.80 bits per heavy atom. The Morgan fingerprint density at radius 1 is 1.37 bits per heavy atom. The van der Waals surface area contributed by atoms with Gasteiger partial charge < -0.3 is 15.4 Å². The molecular weight excluding hydrogens is 409 g/mol. The second-order valence-corrected chi connectivity index (χ2v) is 9.88. The lowest BCUT2D eigenvalue weighted by molar-refractivity contribution is 0.285. The van der Waals surface area contributed by atoms with Crippen LogP contribution in [0.2, 0.25) is 0 Å². The van der Waals surface area contributed by atoms with Gasteiger partial charge in [0.25, 0.3) is 0 Å². The first kappa shape index (κ1) is 22.5. The van der Waals surface area contributed by atoms with Crippen molar-refractivity contribution in [3.8, 4) is 5.75 Å². The lowest BCUT2D eigenvalue weighted by Gasteiger charge is -2.17. The molecule has 3 rings (SSSR count). The summed E-state index contributed by atoms with van der Waals surface area (Å²) in [5, 5.41) is 7.49. The molecule has 1 aliphatic carbocycles. The summed E-state index contributed by atoms with van der Waals surface area (Å²) in [4.78, 5) is 5.68. The number of aliphatic imine (C=N–C) groups is 1. The number of guanidine groups is 1. The van der Waals surface area contributed by atoms with Gasteiger partial charge in [0.1, 0.15) is 5.84 Å². The van der Waals surface area contributed by atoms with Gasteiger partial charge in [-0.1, -0.05) is 12.5 Å². The maximum absolute atomic E-state index is 13.9. The summed E-state index contributed by atoms with van der Waals surface area (Å²) in [7, 11) is -3.47. The molecule has 1 aliphatic heterocycles. The first-order valence-electron chi connectivity index (χ1n) is 10.3. The van der Waals surface area contributed by atoms with E-state index in [1.807, 2.05) is 4.90 Å². The molecule has 1 saturated carbocycles. The molecular formula is C20H30FN5O3S. The van der Waals surface area contributed by atoms with E-state index in [4.69, 9.17) is 15.9 Å². The zero-order chi connectivity index (χ0) is 21.7. The first-order chi connectivity index (χ1) is 14.2. The number of rotatable bonds is 12. The fraction of sp³-hybridized carbons (Fsp3) is 0.600. The molecule has 0 amide bonds. The lowest BCUT2D eigenvalue weighted by atomic mass is 10.1. The Balaban J connectivity index is 1.42. The van der Waals surface area contributed by atoms with Crippen LogP contribution in [0.15, 0.2) is 23.2 Å². The fourth-order valence-corrected chi connectivity index (χ4v) is 4.64. The fourth-order valence-electron chi connectivity index (χ4n) is 3.26. The number of hydrogen-bond donors (Lipinski definition) is 3. The number of halogens is 1. The van der Waals surface area contributed by atoms with Crippen LogP contribution >= 0.6 is 0 Å². The highest BCUT2D eigenvalue weighted by atomic mass is 32.2. The topological polar surface area (TPSA) is 121 Å². The summed E-state index contributed by atoms with van der Waals surface area (Å²) in [6.45, 7) is 3.30. The first-order valence-corrected chi connectivity index (χ1v) is 12.0. The van der Waals surface area contributed by atoms with Crippen LogP contribution in [-0.4, -0.2) is 50.6 Å². The van der Waals surface area contributed by atoms with Crippen molar-refractivity contribution >= 4 is 21.8 Å². The zero-order valence-corrected chi connectivity index (χ0v) is 18.0. The van der Waals surface area contributed by atoms with E-state index in [1.54, 1.807) is 19.1 Å². The van der Waals surface area contributed by atoms with Crippen LogP contribution in [0.4, 0.5) is 4.39 Å². The van der Waals surface area contributed by atoms with Crippen molar-refractivity contribution in [3.63, 3.8) is 0 Å². The monoisotopic (exact) mass is 439 g/mol. The van der Waals surface area contributed by atoms with E-state index >= 15 is 0 Å². The molecule has 1 aromatic carbocycles. The predicted molar refractivity (Wildman–Crippen MR) is 115 cm³/mol. The molecule has 30 heavy (non-hydrogen) atoms. The Hall–Kier alpha value is -2.20. The third-order valence-corrected chi connectivity index (χ3v) is 6.78. The van der Waals surface area contributed by atoms with E-state index in [9.17, 15) is 12.8 Å². The lowest BCUT2D eigenvalue weighted by Crippen LogP contribution is -2.35. The average molecular weight is 440 g/mol. The number of hydrogen-bond acceptors (Lipinski definition) is 6. The minimum atomic E-state index is -3.47. The van der Waals surface area contributed by atoms with Gasteiger partial charge in [0.05, 0.1) is 18.9 Å². The third kappa shape index (κ3) is 6.66. The number of nitrogens with two attached hydrogens (primary N) is 1. The van der Waals surface area contributed by atoms with Gasteiger partial charge in [-0.15, -0.1) is 0 Å². The number of sulfonamides is 1. The maximum Gasteiger partial charge on any atom is 0.212 e. The van der Waals surface area contributed by atoms with Crippen molar-refractivity contribution < 1.29 is 17.5 Å². The van der Waals surface area contributed by atoms with Crippen LogP contribution in [0.25, 0.3) is 0 Å². The summed E-state index contributed by atoms with van der Waals surface area (Å²) < 4.78 is 47.0. The Labute approximate surface area is 177 Å². The molecule has 0 bridgehead atoms. The molecule has 0 aromatic heterocycles. The molecule has 1 unspecified atom stereocenters. The predicted octanol–water partition coefficient (Wildman–Crippen LogP) is 2.37. The highest BCUT2D eigenvalue weighted by Crippen LogP contribution is 2.31. The Bertz CT molecular complexity index is 902. The van der Waals surface area contributed by atoms with Gasteiger partial charge in [-0.2, -0.15) is 4.99 Å². The number of unbranched alkanes of at least 4 members (excludes halogenated alkanes) is 2. The van der Waals surface area contributed by atoms with E-state index in [2.05, 4.69) is 9.71 Å². The third-order valence-electron chi connectivity index (χ3n) is 5.24. The van der Waals surface area contributed by atoms with Crippen molar-refractivity contribution in [2.45, 2.75) is 45.1 Å². The quantitative estimate of drug-likeness (QED) is 0.432. The van der Waals surface area contributed by atoms with Gasteiger partial charge >= 0.3 is 0 Å². The van der Waals surface area contributed by atoms with Gasteiger partial charge in [0.15, 0.2) is 17.5 Å². The van der Waals surface area contributed by atoms with Crippen molar-refractivity contribution in [2.75, 3.05) is 25.4 Å². The average Bonchev–Trinajstić information content (AvgIpc) is 3.44. The van der Waals surface area contributed by atoms with Crippen LogP contribution in [-0.2, 0) is 10.0 Å². The number of nitrogens with zero attached hydrogens (tertiary/aromatic N) is 2. The van der Waals surface area contributed by atoms with Gasteiger partial charge in [-0.05, 0) is 56.2 Å². The zero-order valence-electron chi connectivity index (χ0n) is 17.2. The van der Waals surface area contributed by atoms with Crippen LogP contribution in [0.5, 0.6) is 5.75 Å². The second kappa shape index (κ2) is 9.74. The number of nitrogens with one attached hydrogen (secondary N) is 2. The molecule has 1 aromatic rings. The van der Waals surface area contributed by atoms with E-state index in [0.717, 1.165) is 25.7 Å². The van der Waals surface area contributed by atoms with Crippen LogP contribution in [0, 0.1) is 17.1 Å². The molecule has 8 nitrogen and oxygen atoms in total. The molecule has 0 saturated heterocycles. The molecule has 0 radical (unpaired) electrons. The van der Waals surface area contributed by atoms with Gasteiger partial charge in [-0.3, -0.25) is 5.41 Å². The summed E-state index contributed by atoms with van der Waals surface area (Å²) in [5.74, 6) is 0.850. The maximum atomic E-state index is 13.9. The Kier molecular flexibility index (Phi) is 7.30. The molecule has 0 spiro atoms. The highest BCUT2D eigenvalue weighted by Gasteiger charge is 2.23. The molecule has 4 N–H and O–H groups in total. The Morgan fingerprint density at radius 2 is 2.13 bits per heavy atom. The van der Waals surface area contributed by atoms with Crippen molar-refractivity contribution in [1.82, 2.24) is 9.62 Å². The van der Waals surface area contributed by atoms with E-state index in [0.29, 0.717) is 43.6 Å². The highest BCUT2D eigenvalue weighted by molar-refractivity contribution is 7.89. The van der Waals surface area contributed by atoms with Crippen LogP contribution in [0.1, 0.15) is 50.6 Å². The minimum absolute atomic E-state index is 0.0168. The standard InChI is InChI=1S/C20H30FN5O3S/c1-14(16-7-8-17(21)18(11-16)29-13-15-5-6-15)25-30(27,28)10-4-2-3-9-26-12-19(22)24-20(26)23/h7-8,11,14-15,25H,2-6,9-10,12-13H2,1H3,(H3,22,23,24). The second-order valence-electron chi connectivity index (χ2n) is 8.00. The number of ether oxygens (including phenoxy) is 1. The van der Waals surface area contributed by atoms with Crippen molar-refractivity contribution in [1.29, 1.82) is 5.41 Å². The molecule has 1 atom stereocenters. The van der Waals surface area contributed by atoms with E-state index in [-0.39, 0.29) is 17.3 Å². The molecule has 2 aliphatic rings. The van der Waals surface area contributed by atoms with Crippen molar-refractivity contribution in [2.24, 2.45) is 16.6 Å². The van der Waals surface area contributed by atoms with Gasteiger partial charge in [0, 0.05) is 12.6 Å². The number of amidine groups is 1. The molecule has 10 heteroatoms. The number of benzene rings is 1. The van der Waals surface area contributed by atoms with Crippen molar-refractivity contribution in [3.05, 3.63) is 29.6 Å². The molecule has 1 heterocycles. The normalized spacial score (nSPS) is 17.9. The summed E-state index contributed by atoms with van der Waals surface area (Å²) in [6, 6.07) is 3.98. The summed E-state index contributed by atoms with van der Waals surface area (Å²) in [6.07, 6.45) is 4.24. The largest absolute Gasteiger partial charge is 0.490 e. The van der Waals surface area contributed by atoms with E-state index < -0.39 is 21.9 Å². The smallest absolute Gasteiger partial charge is 0.212 e. The molecule has 1 fully saturated rings. The van der Waals surface area contributed by atoms with E-state index in [1.165, 1.54) is 6.07 Å². The summed E-state index contributed by atoms with van der Waals surface area (Å²) >= 11 is 0. The molecule has 166 valence electrons. The van der Waals surface area contributed by atoms with Gasteiger partial charge in [0.2, 0.25) is 10.0 Å². The SMILES string of the molecule is CC(NS(=O)(=O)CCCCCN1CC(=N)N=C1N)c1ccc(F)c(OCC2CC2)c1. The van der Waals surface area contributed by atoms with Crippen LogP contribution in [0.3, 0.4) is 0 Å². The summed E-state index contributed by atoms with van der Waals surface area (Å²) in [5.41, 5.74) is 6.38.